The number of aliphatic hydroxyl groups is 1. The molecule has 0 saturated carbocycles. The number of aliphatic hydroxyl groups excluding tert-OH is 1. The van der Waals surface area contributed by atoms with Crippen molar-refractivity contribution < 1.29 is 23.0 Å². The molecule has 0 aliphatic carbocycles. The number of methoxy groups -OCH3 is 2. The quantitative estimate of drug-likeness (QED) is 0.330. The molecule has 1 atom stereocenters. The first-order valence-electron chi connectivity index (χ1n) is 14.0. The van der Waals surface area contributed by atoms with Gasteiger partial charge in [0.2, 0.25) is 10.0 Å². The summed E-state index contributed by atoms with van der Waals surface area (Å²) in [6, 6.07) is 21.0. The minimum absolute atomic E-state index is 0.0306. The highest BCUT2D eigenvalue weighted by Crippen LogP contribution is 2.49. The molecular formula is C32H37N3O5S. The van der Waals surface area contributed by atoms with Crippen molar-refractivity contribution >= 4 is 20.9 Å². The van der Waals surface area contributed by atoms with Gasteiger partial charge in [0.15, 0.2) is 0 Å². The van der Waals surface area contributed by atoms with Gasteiger partial charge < -0.3 is 19.6 Å². The van der Waals surface area contributed by atoms with E-state index in [1.165, 1.54) is 5.56 Å². The van der Waals surface area contributed by atoms with Gasteiger partial charge in [-0.15, -0.1) is 0 Å². The summed E-state index contributed by atoms with van der Waals surface area (Å²) in [5, 5.41) is 11.8. The largest absolute Gasteiger partial charge is 0.497 e. The van der Waals surface area contributed by atoms with Crippen molar-refractivity contribution in [1.82, 2.24) is 14.2 Å². The van der Waals surface area contributed by atoms with Crippen LogP contribution in [0.25, 0.3) is 10.9 Å². The number of rotatable bonds is 7. The van der Waals surface area contributed by atoms with Crippen LogP contribution >= 0.6 is 0 Å². The van der Waals surface area contributed by atoms with Gasteiger partial charge in [-0.1, -0.05) is 29.8 Å². The number of aromatic nitrogens is 1. The van der Waals surface area contributed by atoms with Gasteiger partial charge in [-0.3, -0.25) is 4.90 Å². The highest BCUT2D eigenvalue weighted by Gasteiger charge is 2.48. The van der Waals surface area contributed by atoms with Crippen LogP contribution in [-0.4, -0.2) is 68.2 Å². The molecule has 1 spiro atoms. The molecular weight excluding hydrogens is 538 g/mol. The van der Waals surface area contributed by atoms with Gasteiger partial charge in [0.25, 0.3) is 0 Å². The number of fused-ring (bicyclic) bond motifs is 4. The Bertz CT molecular complexity index is 1640. The van der Waals surface area contributed by atoms with Crippen molar-refractivity contribution in [3.63, 3.8) is 0 Å². The van der Waals surface area contributed by atoms with Crippen molar-refractivity contribution in [3.05, 3.63) is 89.1 Å². The maximum atomic E-state index is 13.6. The van der Waals surface area contributed by atoms with Crippen molar-refractivity contribution in [2.45, 2.75) is 42.7 Å². The van der Waals surface area contributed by atoms with Gasteiger partial charge in [-0.25, -0.2) is 8.42 Å². The summed E-state index contributed by atoms with van der Waals surface area (Å²) < 4.78 is 39.6. The minimum atomic E-state index is -3.59. The fraction of sp³-hybridized carbons (Fsp3) is 0.375. The van der Waals surface area contributed by atoms with E-state index in [1.807, 2.05) is 43.3 Å². The molecule has 6 rings (SSSR count). The molecule has 3 aromatic carbocycles. The lowest BCUT2D eigenvalue weighted by molar-refractivity contribution is 0.0535. The number of sulfonamides is 1. The summed E-state index contributed by atoms with van der Waals surface area (Å²) in [5.41, 5.74) is 5.05. The molecule has 1 fully saturated rings. The first-order chi connectivity index (χ1) is 19.8. The van der Waals surface area contributed by atoms with Crippen LogP contribution in [0.4, 0.5) is 0 Å². The number of aromatic amines is 1. The topological polar surface area (TPSA) is 95.1 Å². The second-order valence-electron chi connectivity index (χ2n) is 11.3. The number of aryl methyl sites for hydroxylation is 1. The molecule has 8 nitrogen and oxygen atoms in total. The van der Waals surface area contributed by atoms with E-state index in [9.17, 15) is 13.5 Å². The Labute approximate surface area is 241 Å². The van der Waals surface area contributed by atoms with Gasteiger partial charge in [0.1, 0.15) is 11.5 Å². The molecule has 1 aromatic heterocycles. The molecule has 216 valence electrons. The summed E-state index contributed by atoms with van der Waals surface area (Å²) in [4.78, 5) is 6.31. The summed E-state index contributed by atoms with van der Waals surface area (Å²) in [6.45, 7) is 4.15. The monoisotopic (exact) mass is 575 g/mol. The third-order valence-corrected chi connectivity index (χ3v) is 10.8. The van der Waals surface area contributed by atoms with Gasteiger partial charge in [0, 0.05) is 54.3 Å². The summed E-state index contributed by atoms with van der Waals surface area (Å²) >= 11 is 0. The van der Waals surface area contributed by atoms with E-state index < -0.39 is 10.0 Å². The second-order valence-corrected chi connectivity index (χ2v) is 13.2. The lowest BCUT2D eigenvalue weighted by Crippen LogP contribution is -2.54. The molecule has 41 heavy (non-hydrogen) atoms. The van der Waals surface area contributed by atoms with Crippen molar-refractivity contribution in [1.29, 1.82) is 0 Å². The molecule has 1 saturated heterocycles. The van der Waals surface area contributed by atoms with Gasteiger partial charge in [-0.2, -0.15) is 4.31 Å². The van der Waals surface area contributed by atoms with Crippen LogP contribution in [0.3, 0.4) is 0 Å². The maximum Gasteiger partial charge on any atom is 0.243 e. The van der Waals surface area contributed by atoms with E-state index in [2.05, 4.69) is 28.1 Å². The van der Waals surface area contributed by atoms with Gasteiger partial charge in [-0.05, 0) is 67.3 Å². The first kappa shape index (κ1) is 27.8. The SMILES string of the molecule is COc1ccc(CN2CC3(CCN(S(=O)(=O)c4ccc(C)cc4)CC3)c3c([nH]c4cc(OC)ccc34)[C@H]2CO)cc1. The van der Waals surface area contributed by atoms with E-state index in [-0.39, 0.29) is 18.1 Å². The number of hydrogen-bond acceptors (Lipinski definition) is 6. The van der Waals surface area contributed by atoms with Crippen molar-refractivity contribution in [2.75, 3.05) is 40.5 Å². The predicted molar refractivity (Wildman–Crippen MR) is 159 cm³/mol. The van der Waals surface area contributed by atoms with Crippen LogP contribution in [0.2, 0.25) is 0 Å². The van der Waals surface area contributed by atoms with E-state index >= 15 is 0 Å². The smallest absolute Gasteiger partial charge is 0.243 e. The van der Waals surface area contributed by atoms with E-state index in [1.54, 1.807) is 30.7 Å². The molecule has 2 aliphatic rings. The molecule has 2 N–H and O–H groups in total. The molecule has 9 heteroatoms. The molecule has 4 aromatic rings. The Kier molecular flexibility index (Phi) is 7.32. The number of benzene rings is 3. The first-order valence-corrected chi connectivity index (χ1v) is 15.5. The fourth-order valence-electron chi connectivity index (χ4n) is 6.67. The molecule has 3 heterocycles. The Morgan fingerprint density at radius 2 is 1.61 bits per heavy atom. The van der Waals surface area contributed by atoms with Crippen molar-refractivity contribution in [2.24, 2.45) is 0 Å². The maximum absolute atomic E-state index is 13.6. The van der Waals surface area contributed by atoms with Crippen LogP contribution < -0.4 is 9.47 Å². The van der Waals surface area contributed by atoms with E-state index in [0.29, 0.717) is 43.9 Å². The lowest BCUT2D eigenvalue weighted by atomic mass is 9.68. The standard InChI is InChI=1S/C32H37N3O5S/c1-22-4-11-26(12-5-22)41(37,38)35-16-14-32(15-17-35)21-34(19-23-6-8-24(39-2)9-7-23)29(20-36)31-30(32)27-13-10-25(40-3)18-28(27)33-31/h4-13,18,29,33,36H,14-17,19-21H2,1-3H3/t29-/m1/s1. The molecule has 0 unspecified atom stereocenters. The third kappa shape index (κ3) is 4.91. The molecule has 0 radical (unpaired) electrons. The van der Waals surface area contributed by atoms with Gasteiger partial charge >= 0.3 is 0 Å². The number of H-pyrrole nitrogens is 1. The predicted octanol–water partition coefficient (Wildman–Crippen LogP) is 4.77. The van der Waals surface area contributed by atoms with Crippen LogP contribution in [0.1, 0.15) is 41.3 Å². The summed E-state index contributed by atoms with van der Waals surface area (Å²) in [6.07, 6.45) is 1.36. The summed E-state index contributed by atoms with van der Waals surface area (Å²) in [5.74, 6) is 1.57. The molecule has 0 bridgehead atoms. The number of piperidine rings is 1. The van der Waals surface area contributed by atoms with Crippen LogP contribution in [0, 0.1) is 6.92 Å². The second kappa shape index (κ2) is 10.8. The van der Waals surface area contributed by atoms with E-state index in [4.69, 9.17) is 9.47 Å². The fourth-order valence-corrected chi connectivity index (χ4v) is 8.11. The van der Waals surface area contributed by atoms with E-state index in [0.717, 1.165) is 39.2 Å². The van der Waals surface area contributed by atoms with Crippen LogP contribution in [-0.2, 0) is 22.0 Å². The van der Waals surface area contributed by atoms with Gasteiger partial charge in [0.05, 0.1) is 31.8 Å². The lowest BCUT2D eigenvalue weighted by Gasteiger charge is -2.50. The Morgan fingerprint density at radius 1 is 0.951 bits per heavy atom. The highest BCUT2D eigenvalue weighted by molar-refractivity contribution is 7.89. The Hall–Kier alpha value is -3.37. The number of nitrogens with zero attached hydrogens (tertiary/aromatic N) is 2. The minimum Gasteiger partial charge on any atom is -0.497 e. The zero-order chi connectivity index (χ0) is 28.8. The van der Waals surface area contributed by atoms with Crippen LogP contribution in [0.5, 0.6) is 11.5 Å². The molecule has 0 amide bonds. The third-order valence-electron chi connectivity index (χ3n) is 8.90. The number of hydrogen-bond donors (Lipinski definition) is 2. The zero-order valence-electron chi connectivity index (χ0n) is 23.8. The summed E-state index contributed by atoms with van der Waals surface area (Å²) in [7, 11) is -0.279. The Morgan fingerprint density at radius 3 is 2.24 bits per heavy atom. The normalized spacial score (nSPS) is 19.4. The zero-order valence-corrected chi connectivity index (χ0v) is 24.6. The van der Waals surface area contributed by atoms with Crippen molar-refractivity contribution in [3.8, 4) is 11.5 Å². The molecule has 2 aliphatic heterocycles. The number of nitrogens with one attached hydrogen (secondary N) is 1. The Balaban J connectivity index is 1.38. The average Bonchev–Trinajstić information content (AvgIpc) is 3.38. The van der Waals surface area contributed by atoms with Crippen LogP contribution in [0.15, 0.2) is 71.6 Å². The number of ether oxygens (including phenoxy) is 2. The highest BCUT2D eigenvalue weighted by atomic mass is 32.2. The average molecular weight is 576 g/mol.